The van der Waals surface area contributed by atoms with Crippen LogP contribution >= 0.6 is 0 Å². The molecule has 1 saturated heterocycles. The predicted molar refractivity (Wildman–Crippen MR) is 159 cm³/mol. The van der Waals surface area contributed by atoms with E-state index in [1.807, 2.05) is 64.2 Å². The second-order valence-electron chi connectivity index (χ2n) is 11.6. The fourth-order valence-corrected chi connectivity index (χ4v) is 5.36. The van der Waals surface area contributed by atoms with Crippen molar-refractivity contribution in [1.29, 1.82) is 0 Å². The average Bonchev–Trinajstić information content (AvgIpc) is 3.45. The van der Waals surface area contributed by atoms with Crippen molar-refractivity contribution >= 4 is 40.0 Å². The highest BCUT2D eigenvalue weighted by Crippen LogP contribution is 2.42. The number of fused-ring (bicyclic) bond motifs is 6. The van der Waals surface area contributed by atoms with Crippen LogP contribution in [0.3, 0.4) is 0 Å². The minimum absolute atomic E-state index is 0.0413. The molecule has 2 aliphatic rings. The molecule has 6 heterocycles. The van der Waals surface area contributed by atoms with E-state index in [0.717, 1.165) is 28.2 Å². The molecule has 1 N–H and O–H groups in total. The van der Waals surface area contributed by atoms with Crippen molar-refractivity contribution < 1.29 is 19.0 Å². The number of anilines is 3. The molecule has 13 heteroatoms. The quantitative estimate of drug-likeness (QED) is 0.316. The van der Waals surface area contributed by atoms with Gasteiger partial charge in [0.1, 0.15) is 42.2 Å². The van der Waals surface area contributed by atoms with Gasteiger partial charge in [0.15, 0.2) is 17.2 Å². The zero-order valence-electron chi connectivity index (χ0n) is 24.3. The Morgan fingerprint density at radius 1 is 1.07 bits per heavy atom. The summed E-state index contributed by atoms with van der Waals surface area (Å²) >= 11 is 0. The Labute approximate surface area is 247 Å². The van der Waals surface area contributed by atoms with E-state index < -0.39 is 5.60 Å². The number of benzene rings is 1. The van der Waals surface area contributed by atoms with E-state index in [4.69, 9.17) is 19.2 Å². The number of pyridine rings is 2. The fourth-order valence-electron chi connectivity index (χ4n) is 5.36. The van der Waals surface area contributed by atoms with Crippen LogP contribution in [-0.4, -0.2) is 78.4 Å². The highest BCUT2D eigenvalue weighted by molar-refractivity contribution is 5.98. The number of piperazine rings is 1. The number of aromatic nitrogens is 6. The first-order valence-electron chi connectivity index (χ1n) is 14.1. The molecular formula is C30H31N9O4. The van der Waals surface area contributed by atoms with Gasteiger partial charge in [0, 0.05) is 37.6 Å². The molecule has 0 saturated carbocycles. The molecule has 0 aliphatic carbocycles. The molecule has 1 fully saturated rings. The van der Waals surface area contributed by atoms with E-state index in [9.17, 15) is 4.79 Å². The molecule has 4 aromatic heterocycles. The van der Waals surface area contributed by atoms with Crippen molar-refractivity contribution in [1.82, 2.24) is 34.4 Å². The van der Waals surface area contributed by atoms with Gasteiger partial charge in [-0.3, -0.25) is 0 Å². The molecule has 0 bridgehead atoms. The number of nitrogens with one attached hydrogen (secondary N) is 1. The Bertz CT molecular complexity index is 1850. The molecule has 2 aliphatic heterocycles. The lowest BCUT2D eigenvalue weighted by molar-refractivity contribution is 0.0194. The van der Waals surface area contributed by atoms with Gasteiger partial charge in [-0.05, 0) is 57.5 Å². The van der Waals surface area contributed by atoms with Gasteiger partial charge in [-0.25, -0.2) is 29.2 Å². The van der Waals surface area contributed by atoms with Crippen molar-refractivity contribution in [3.63, 3.8) is 0 Å². The van der Waals surface area contributed by atoms with E-state index in [1.165, 1.54) is 12.7 Å². The maximum absolute atomic E-state index is 12.7. The molecule has 1 amide bonds. The number of nitrogens with zero attached hydrogens (tertiary/aromatic N) is 8. The van der Waals surface area contributed by atoms with Gasteiger partial charge in [-0.2, -0.15) is 5.10 Å². The van der Waals surface area contributed by atoms with Gasteiger partial charge in [-0.1, -0.05) is 0 Å². The second-order valence-corrected chi connectivity index (χ2v) is 11.6. The predicted octanol–water partition coefficient (Wildman–Crippen LogP) is 4.73. The smallest absolute Gasteiger partial charge is 0.410 e. The molecule has 0 radical (unpaired) electrons. The van der Waals surface area contributed by atoms with Crippen molar-refractivity contribution in [2.45, 2.75) is 39.3 Å². The van der Waals surface area contributed by atoms with Crippen LogP contribution in [0.15, 0.2) is 55.4 Å². The third-order valence-corrected chi connectivity index (χ3v) is 7.36. The largest absolute Gasteiger partial charge is 0.487 e. The van der Waals surface area contributed by atoms with Gasteiger partial charge in [0.2, 0.25) is 0 Å². The van der Waals surface area contributed by atoms with Crippen LogP contribution in [0.25, 0.3) is 16.6 Å². The van der Waals surface area contributed by atoms with Gasteiger partial charge in [0.25, 0.3) is 0 Å². The zero-order chi connectivity index (χ0) is 29.7. The highest BCUT2D eigenvalue weighted by Gasteiger charge is 2.38. The van der Waals surface area contributed by atoms with Gasteiger partial charge >= 0.3 is 6.09 Å². The summed E-state index contributed by atoms with van der Waals surface area (Å²) < 4.78 is 19.7. The van der Waals surface area contributed by atoms with Crippen LogP contribution in [0.2, 0.25) is 0 Å². The third-order valence-electron chi connectivity index (χ3n) is 7.36. The number of carbonyl (C=O) groups is 1. The molecule has 1 atom stereocenters. The summed E-state index contributed by atoms with van der Waals surface area (Å²) in [5.74, 6) is 3.36. The number of aryl methyl sites for hydroxylation is 1. The van der Waals surface area contributed by atoms with Crippen LogP contribution in [0, 0.1) is 6.92 Å². The molecule has 1 aromatic carbocycles. The first kappa shape index (κ1) is 26.7. The van der Waals surface area contributed by atoms with Crippen molar-refractivity contribution in [3.05, 3.63) is 60.9 Å². The SMILES string of the molecule is Cc1cc(Nc2ncnc3cnc4c(c23)OC[C@@H]2CN(C(=O)OC(C)(C)C)CCN42)ccc1Oc1ccn2ncnc2c1. The van der Waals surface area contributed by atoms with Crippen molar-refractivity contribution in [3.8, 4) is 17.2 Å². The van der Waals surface area contributed by atoms with Crippen LogP contribution < -0.4 is 19.7 Å². The Morgan fingerprint density at radius 3 is 2.79 bits per heavy atom. The van der Waals surface area contributed by atoms with Crippen LogP contribution in [0.1, 0.15) is 26.3 Å². The summed E-state index contributed by atoms with van der Waals surface area (Å²) in [6.45, 7) is 9.62. The summed E-state index contributed by atoms with van der Waals surface area (Å²) in [6, 6.07) is 9.49. The molecule has 0 spiro atoms. The minimum Gasteiger partial charge on any atom is -0.487 e. The summed E-state index contributed by atoms with van der Waals surface area (Å²) in [5.41, 5.74) is 2.61. The number of hydrogen-bond acceptors (Lipinski definition) is 11. The van der Waals surface area contributed by atoms with E-state index in [2.05, 4.69) is 30.3 Å². The standard InChI is InChI=1S/C30H31N9O4/c1-18-11-19(5-6-23(18)42-21-7-8-39-24(12-21)33-17-35-39)36-27-25-22(32-16-34-27)13-31-28-26(25)41-15-20-14-37(9-10-38(20)28)29(40)43-30(2,3)4/h5-8,11-13,16-17,20H,9-10,14-15H2,1-4H3,(H,32,34,36)/t20-/m0/s1. The molecule has 43 heavy (non-hydrogen) atoms. The van der Waals surface area contributed by atoms with Gasteiger partial charge < -0.3 is 29.3 Å². The van der Waals surface area contributed by atoms with Crippen molar-refractivity contribution in [2.24, 2.45) is 0 Å². The van der Waals surface area contributed by atoms with Crippen LogP contribution in [0.5, 0.6) is 17.2 Å². The monoisotopic (exact) mass is 581 g/mol. The molecule has 0 unspecified atom stereocenters. The minimum atomic E-state index is -0.548. The molecule has 5 aromatic rings. The Balaban J connectivity index is 1.12. The Kier molecular flexibility index (Phi) is 6.37. The summed E-state index contributed by atoms with van der Waals surface area (Å²) in [6.07, 6.45) is 6.25. The highest BCUT2D eigenvalue weighted by atomic mass is 16.6. The maximum Gasteiger partial charge on any atom is 0.410 e. The summed E-state index contributed by atoms with van der Waals surface area (Å²) in [7, 11) is 0. The number of rotatable bonds is 4. The summed E-state index contributed by atoms with van der Waals surface area (Å²) in [4.78, 5) is 34.6. The maximum atomic E-state index is 12.7. The van der Waals surface area contributed by atoms with E-state index in [-0.39, 0.29) is 12.1 Å². The lowest BCUT2D eigenvalue weighted by atomic mass is 10.1. The van der Waals surface area contributed by atoms with Crippen LogP contribution in [0.4, 0.5) is 22.1 Å². The number of amides is 1. The topological polar surface area (TPSA) is 132 Å². The van der Waals surface area contributed by atoms with Gasteiger partial charge in [-0.15, -0.1) is 0 Å². The molecule has 220 valence electrons. The van der Waals surface area contributed by atoms with Crippen LogP contribution in [-0.2, 0) is 4.74 Å². The average molecular weight is 582 g/mol. The Morgan fingerprint density at radius 2 is 1.95 bits per heavy atom. The Hall–Kier alpha value is -5.20. The van der Waals surface area contributed by atoms with Crippen molar-refractivity contribution in [2.75, 3.05) is 36.5 Å². The summed E-state index contributed by atoms with van der Waals surface area (Å²) in [5, 5.41) is 8.31. The molecular weight excluding hydrogens is 550 g/mol. The second kappa shape index (κ2) is 10.3. The number of carbonyl (C=O) groups excluding carboxylic acids is 1. The van der Waals surface area contributed by atoms with E-state index in [0.29, 0.717) is 54.7 Å². The molecule has 7 rings (SSSR count). The van der Waals surface area contributed by atoms with E-state index in [1.54, 1.807) is 15.6 Å². The molecule has 13 nitrogen and oxygen atoms in total. The number of hydrogen-bond donors (Lipinski definition) is 1. The number of ether oxygens (including phenoxy) is 3. The van der Waals surface area contributed by atoms with E-state index >= 15 is 0 Å². The van der Waals surface area contributed by atoms with Gasteiger partial charge in [0.05, 0.1) is 23.1 Å². The fraction of sp³-hybridized carbons (Fsp3) is 0.333. The third kappa shape index (κ3) is 5.17. The first-order valence-corrected chi connectivity index (χ1v) is 14.1. The lowest BCUT2D eigenvalue weighted by Gasteiger charge is -2.44. The zero-order valence-corrected chi connectivity index (χ0v) is 24.3. The lowest BCUT2D eigenvalue weighted by Crippen LogP contribution is -2.59. The first-order chi connectivity index (χ1) is 20.7. The normalized spacial score (nSPS) is 16.4.